The lowest BCUT2D eigenvalue weighted by molar-refractivity contribution is -0.384. The van der Waals surface area contributed by atoms with Gasteiger partial charge in [-0.2, -0.15) is 8.42 Å². The standard InChI is InChI=1S/C8H8NO5S/c1-2-14-15(12,13)8-5-3-7(4-6-8)9(10)11/h3-6H,1-2H2. The van der Waals surface area contributed by atoms with Crippen LogP contribution >= 0.6 is 0 Å². The van der Waals surface area contributed by atoms with Gasteiger partial charge in [0, 0.05) is 12.1 Å². The fourth-order valence-electron chi connectivity index (χ4n) is 0.912. The van der Waals surface area contributed by atoms with Gasteiger partial charge in [0.05, 0.1) is 16.4 Å². The van der Waals surface area contributed by atoms with Crippen molar-refractivity contribution in [2.75, 3.05) is 6.61 Å². The summed E-state index contributed by atoms with van der Waals surface area (Å²) in [7, 11) is -3.84. The molecule has 6 nitrogen and oxygen atoms in total. The summed E-state index contributed by atoms with van der Waals surface area (Å²) in [6.45, 7) is 3.01. The Morgan fingerprint density at radius 1 is 1.33 bits per heavy atom. The average molecular weight is 230 g/mol. The van der Waals surface area contributed by atoms with E-state index in [4.69, 9.17) is 0 Å². The predicted molar refractivity (Wildman–Crippen MR) is 51.6 cm³/mol. The highest BCUT2D eigenvalue weighted by Gasteiger charge is 2.15. The van der Waals surface area contributed by atoms with Crippen molar-refractivity contribution >= 4 is 15.8 Å². The Morgan fingerprint density at radius 3 is 2.27 bits per heavy atom. The number of benzene rings is 1. The Kier molecular flexibility index (Phi) is 3.38. The van der Waals surface area contributed by atoms with Gasteiger partial charge in [-0.15, -0.1) is 0 Å². The van der Waals surface area contributed by atoms with Crippen LogP contribution < -0.4 is 0 Å². The lowest BCUT2D eigenvalue weighted by Crippen LogP contribution is -2.05. The SMILES string of the molecule is [CH2]COS(=O)(=O)c1ccc([N+](=O)[O-])cc1. The number of rotatable bonds is 4. The van der Waals surface area contributed by atoms with Crippen molar-refractivity contribution in [1.29, 1.82) is 0 Å². The molecular weight excluding hydrogens is 222 g/mol. The minimum Gasteiger partial charge on any atom is -0.266 e. The van der Waals surface area contributed by atoms with Gasteiger partial charge >= 0.3 is 0 Å². The van der Waals surface area contributed by atoms with E-state index in [1.165, 1.54) is 0 Å². The van der Waals surface area contributed by atoms with Crippen LogP contribution in [-0.2, 0) is 14.3 Å². The van der Waals surface area contributed by atoms with Crippen molar-refractivity contribution in [2.45, 2.75) is 4.90 Å². The van der Waals surface area contributed by atoms with Gasteiger partial charge in [0.1, 0.15) is 0 Å². The first-order valence-corrected chi connectivity index (χ1v) is 5.31. The zero-order valence-corrected chi connectivity index (χ0v) is 8.44. The predicted octanol–water partition coefficient (Wildman–Crippen LogP) is 1.13. The van der Waals surface area contributed by atoms with Gasteiger partial charge < -0.3 is 0 Å². The quantitative estimate of drug-likeness (QED) is 0.439. The molecule has 7 heteroatoms. The molecule has 0 aliphatic heterocycles. The lowest BCUT2D eigenvalue weighted by atomic mass is 10.3. The molecule has 0 bridgehead atoms. The van der Waals surface area contributed by atoms with Crippen LogP contribution in [-0.4, -0.2) is 19.9 Å². The second kappa shape index (κ2) is 4.37. The summed E-state index contributed by atoms with van der Waals surface area (Å²) in [4.78, 5) is 9.56. The van der Waals surface area contributed by atoms with Gasteiger partial charge in [-0.05, 0) is 19.1 Å². The highest BCUT2D eigenvalue weighted by Crippen LogP contribution is 2.17. The summed E-state index contributed by atoms with van der Waals surface area (Å²) in [6.07, 6.45) is 0. The largest absolute Gasteiger partial charge is 0.296 e. The number of hydrogen-bond acceptors (Lipinski definition) is 5. The van der Waals surface area contributed by atoms with E-state index in [-0.39, 0.29) is 17.2 Å². The van der Waals surface area contributed by atoms with Crippen molar-refractivity contribution in [2.24, 2.45) is 0 Å². The molecule has 0 aliphatic rings. The number of non-ortho nitro benzene ring substituents is 1. The lowest BCUT2D eigenvalue weighted by Gasteiger charge is -2.01. The van der Waals surface area contributed by atoms with E-state index >= 15 is 0 Å². The Bertz CT molecular complexity index is 450. The Labute approximate surface area is 86.8 Å². The number of nitro groups is 1. The van der Waals surface area contributed by atoms with Gasteiger partial charge in [-0.3, -0.25) is 14.3 Å². The van der Waals surface area contributed by atoms with Crippen LogP contribution in [0.15, 0.2) is 29.2 Å². The summed E-state index contributed by atoms with van der Waals surface area (Å²) in [5.41, 5.74) is -0.177. The molecule has 1 rings (SSSR count). The molecule has 0 fully saturated rings. The third-order valence-electron chi connectivity index (χ3n) is 1.57. The second-order valence-electron chi connectivity index (χ2n) is 2.53. The highest BCUT2D eigenvalue weighted by molar-refractivity contribution is 7.86. The fraction of sp³-hybridized carbons (Fsp3) is 0.125. The van der Waals surface area contributed by atoms with Crippen molar-refractivity contribution in [1.82, 2.24) is 0 Å². The zero-order chi connectivity index (χ0) is 11.5. The first-order chi connectivity index (χ1) is 6.97. The summed E-state index contributed by atoms with van der Waals surface area (Å²) in [6, 6.07) is 4.42. The molecule has 0 N–H and O–H groups in total. The molecule has 0 aliphatic carbocycles. The molecule has 1 aromatic rings. The van der Waals surface area contributed by atoms with Crippen molar-refractivity contribution in [3.05, 3.63) is 41.3 Å². The molecule has 0 unspecified atom stereocenters. The van der Waals surface area contributed by atoms with E-state index in [2.05, 4.69) is 11.1 Å². The Hall–Kier alpha value is -1.47. The molecule has 15 heavy (non-hydrogen) atoms. The monoisotopic (exact) mass is 230 g/mol. The van der Waals surface area contributed by atoms with Crippen LogP contribution in [0.4, 0.5) is 5.69 Å². The zero-order valence-electron chi connectivity index (χ0n) is 7.62. The minimum atomic E-state index is -3.84. The fourth-order valence-corrected chi connectivity index (χ4v) is 1.74. The van der Waals surface area contributed by atoms with Gasteiger partial charge in [-0.1, -0.05) is 0 Å². The van der Waals surface area contributed by atoms with Crippen LogP contribution in [0.25, 0.3) is 0 Å². The van der Waals surface area contributed by atoms with Gasteiger partial charge in [0.15, 0.2) is 0 Å². The third-order valence-corrected chi connectivity index (χ3v) is 2.90. The summed E-state index contributed by atoms with van der Waals surface area (Å²) in [5, 5.41) is 10.3. The normalized spacial score (nSPS) is 11.3. The highest BCUT2D eigenvalue weighted by atomic mass is 32.2. The molecule has 0 spiro atoms. The van der Waals surface area contributed by atoms with Gasteiger partial charge in [-0.25, -0.2) is 0 Å². The van der Waals surface area contributed by atoms with Crippen LogP contribution in [0.5, 0.6) is 0 Å². The van der Waals surface area contributed by atoms with Crippen LogP contribution in [0, 0.1) is 17.0 Å². The first kappa shape index (κ1) is 11.6. The first-order valence-electron chi connectivity index (χ1n) is 3.90. The van der Waals surface area contributed by atoms with Gasteiger partial charge in [0.2, 0.25) is 0 Å². The van der Waals surface area contributed by atoms with Crippen LogP contribution in [0.3, 0.4) is 0 Å². The molecule has 0 saturated heterocycles. The van der Waals surface area contributed by atoms with E-state index in [0.29, 0.717) is 0 Å². The number of nitrogens with zero attached hydrogens (tertiary/aromatic N) is 1. The topological polar surface area (TPSA) is 86.5 Å². The molecule has 1 radical (unpaired) electrons. The average Bonchev–Trinajstić information content (AvgIpc) is 2.18. The molecule has 0 amide bonds. The summed E-state index contributed by atoms with van der Waals surface area (Å²) in [5.74, 6) is 0. The van der Waals surface area contributed by atoms with E-state index in [1.54, 1.807) is 0 Å². The maximum absolute atomic E-state index is 11.3. The molecular formula is C8H8NO5S. The smallest absolute Gasteiger partial charge is 0.266 e. The number of hydrogen-bond donors (Lipinski definition) is 0. The molecule has 81 valence electrons. The molecule has 0 heterocycles. The minimum absolute atomic E-state index is 0.128. The second-order valence-corrected chi connectivity index (χ2v) is 4.14. The van der Waals surface area contributed by atoms with Crippen molar-refractivity contribution in [3.63, 3.8) is 0 Å². The molecule has 0 saturated carbocycles. The maximum Gasteiger partial charge on any atom is 0.296 e. The van der Waals surface area contributed by atoms with Crippen LogP contribution in [0.1, 0.15) is 0 Å². The molecule has 1 aromatic carbocycles. The van der Waals surface area contributed by atoms with Crippen molar-refractivity contribution < 1.29 is 17.5 Å². The van der Waals surface area contributed by atoms with E-state index in [9.17, 15) is 18.5 Å². The van der Waals surface area contributed by atoms with E-state index < -0.39 is 15.0 Å². The third kappa shape index (κ3) is 2.74. The van der Waals surface area contributed by atoms with Crippen molar-refractivity contribution in [3.8, 4) is 0 Å². The Balaban J connectivity index is 3.04. The van der Waals surface area contributed by atoms with E-state index in [0.717, 1.165) is 24.3 Å². The summed E-state index contributed by atoms with van der Waals surface area (Å²) < 4.78 is 27.0. The maximum atomic E-state index is 11.3. The number of nitro benzene ring substituents is 1. The van der Waals surface area contributed by atoms with Crippen LogP contribution in [0.2, 0.25) is 0 Å². The van der Waals surface area contributed by atoms with E-state index in [1.807, 2.05) is 0 Å². The van der Waals surface area contributed by atoms with Gasteiger partial charge in [0.25, 0.3) is 15.8 Å². The molecule has 0 atom stereocenters. The summed E-state index contributed by atoms with van der Waals surface area (Å²) >= 11 is 0. The Morgan fingerprint density at radius 2 is 1.87 bits per heavy atom. The molecule has 0 aromatic heterocycles.